The van der Waals surface area contributed by atoms with E-state index in [1.165, 1.54) is 28.9 Å². The third-order valence-electron chi connectivity index (χ3n) is 5.37. The van der Waals surface area contributed by atoms with Crippen LogP contribution in [-0.4, -0.2) is 22.4 Å². The molecule has 0 saturated heterocycles. The van der Waals surface area contributed by atoms with Crippen molar-refractivity contribution in [1.29, 1.82) is 0 Å². The lowest BCUT2D eigenvalue weighted by atomic mass is 10.1. The van der Waals surface area contributed by atoms with Crippen LogP contribution in [0.1, 0.15) is 21.6 Å². The first-order valence-electron chi connectivity index (χ1n) is 10.3. The van der Waals surface area contributed by atoms with Crippen molar-refractivity contribution in [3.05, 3.63) is 93.8 Å². The predicted molar refractivity (Wildman–Crippen MR) is 133 cm³/mol. The minimum absolute atomic E-state index is 0.0883. The van der Waals surface area contributed by atoms with Crippen molar-refractivity contribution in [2.24, 2.45) is 0 Å². The van der Waals surface area contributed by atoms with Crippen LogP contribution in [-0.2, 0) is 9.59 Å². The second kappa shape index (κ2) is 9.48. The van der Waals surface area contributed by atoms with Crippen molar-refractivity contribution in [2.45, 2.75) is 13.8 Å². The third-order valence-corrected chi connectivity index (χ3v) is 5.86. The first kappa shape index (κ1) is 23.2. The topological polar surface area (TPSA) is 92.2 Å². The summed E-state index contributed by atoms with van der Waals surface area (Å²) in [5, 5.41) is 5.93. The summed E-state index contributed by atoms with van der Waals surface area (Å²) in [7, 11) is 0. The molecule has 0 atom stereocenters. The average Bonchev–Trinajstić information content (AvgIpc) is 3.15. The van der Waals surface area contributed by atoms with Gasteiger partial charge in [-0.3, -0.25) is 19.8 Å². The number of amides is 3. The first-order chi connectivity index (χ1) is 16.2. The van der Waals surface area contributed by atoms with E-state index < -0.39 is 23.5 Å². The van der Waals surface area contributed by atoms with Crippen LogP contribution >= 0.6 is 15.9 Å². The molecule has 0 aliphatic rings. The number of hydrogen-bond acceptors (Lipinski definition) is 3. The van der Waals surface area contributed by atoms with Crippen LogP contribution in [0, 0.1) is 19.7 Å². The van der Waals surface area contributed by atoms with Gasteiger partial charge in [-0.2, -0.15) is 0 Å². The number of benzene rings is 3. The molecule has 3 N–H and O–H groups in total. The van der Waals surface area contributed by atoms with Gasteiger partial charge in [0.25, 0.3) is 5.91 Å². The van der Waals surface area contributed by atoms with Gasteiger partial charge in [-0.15, -0.1) is 0 Å². The zero-order chi connectivity index (χ0) is 24.4. The Balaban J connectivity index is 1.63. The van der Waals surface area contributed by atoms with E-state index in [-0.39, 0.29) is 5.69 Å². The van der Waals surface area contributed by atoms with Gasteiger partial charge >= 0.3 is 11.8 Å². The zero-order valence-corrected chi connectivity index (χ0v) is 19.9. The Morgan fingerprint density at radius 3 is 2.35 bits per heavy atom. The van der Waals surface area contributed by atoms with Crippen LogP contribution in [0.4, 0.5) is 15.8 Å². The summed E-state index contributed by atoms with van der Waals surface area (Å²) in [5.74, 6) is -2.80. The van der Waals surface area contributed by atoms with Crippen molar-refractivity contribution < 1.29 is 18.8 Å². The molecule has 3 aromatic carbocycles. The molecule has 34 heavy (non-hydrogen) atoms. The van der Waals surface area contributed by atoms with Crippen LogP contribution in [0.5, 0.6) is 0 Å². The Labute approximate surface area is 203 Å². The maximum Gasteiger partial charge on any atom is 0.328 e. The number of anilines is 2. The van der Waals surface area contributed by atoms with E-state index in [1.807, 2.05) is 19.9 Å². The molecule has 172 valence electrons. The summed E-state index contributed by atoms with van der Waals surface area (Å²) in [6, 6.07) is 17.5. The highest BCUT2D eigenvalue weighted by atomic mass is 79.9. The maximum atomic E-state index is 13.2. The monoisotopic (exact) mass is 522 g/mol. The minimum atomic E-state index is -0.947. The molecule has 1 aromatic heterocycles. The largest absolute Gasteiger partial charge is 0.328 e. The van der Waals surface area contributed by atoms with Crippen LogP contribution in [0.2, 0.25) is 0 Å². The summed E-state index contributed by atoms with van der Waals surface area (Å²) < 4.78 is 15.2. The summed E-state index contributed by atoms with van der Waals surface area (Å²) in [4.78, 5) is 38.4. The Kier molecular flexibility index (Phi) is 6.47. The molecule has 4 rings (SSSR count). The highest BCUT2D eigenvalue weighted by Crippen LogP contribution is 2.24. The van der Waals surface area contributed by atoms with Gasteiger partial charge in [-0.25, -0.2) is 9.07 Å². The fourth-order valence-electron chi connectivity index (χ4n) is 3.42. The molecule has 7 nitrogen and oxygen atoms in total. The van der Waals surface area contributed by atoms with Gasteiger partial charge in [0, 0.05) is 21.2 Å². The van der Waals surface area contributed by atoms with Gasteiger partial charge in [0.15, 0.2) is 0 Å². The lowest BCUT2D eigenvalue weighted by Crippen LogP contribution is -2.36. The summed E-state index contributed by atoms with van der Waals surface area (Å²) in [6.45, 7) is 3.75. The molecule has 0 unspecified atom stereocenters. The fraction of sp³-hybridized carbons (Fsp3) is 0.0800. The maximum absolute atomic E-state index is 13.2. The number of hydrogen-bond donors (Lipinski definition) is 3. The van der Waals surface area contributed by atoms with Crippen LogP contribution in [0.25, 0.3) is 10.9 Å². The number of carbonyl (C=O) groups is 3. The number of carbonyl (C=O) groups excluding carboxylic acids is 3. The highest BCUT2D eigenvalue weighted by Gasteiger charge is 2.21. The van der Waals surface area contributed by atoms with Crippen molar-refractivity contribution in [3.63, 3.8) is 0 Å². The summed E-state index contributed by atoms with van der Waals surface area (Å²) in [5.41, 5.74) is 5.84. The Morgan fingerprint density at radius 2 is 1.62 bits per heavy atom. The van der Waals surface area contributed by atoms with Crippen LogP contribution in [0.3, 0.4) is 0 Å². The third kappa shape index (κ3) is 4.84. The number of aromatic nitrogens is 1. The number of fused-ring (bicyclic) bond motifs is 1. The van der Waals surface area contributed by atoms with Gasteiger partial charge in [0.05, 0.1) is 5.52 Å². The van der Waals surface area contributed by atoms with Crippen molar-refractivity contribution >= 4 is 55.9 Å². The number of rotatable bonds is 4. The predicted octanol–water partition coefficient (Wildman–Crippen LogP) is 5.12. The van der Waals surface area contributed by atoms with E-state index >= 15 is 0 Å². The van der Waals surface area contributed by atoms with Crippen molar-refractivity contribution in [1.82, 2.24) is 4.68 Å². The molecule has 0 aliphatic carbocycles. The van der Waals surface area contributed by atoms with E-state index in [0.717, 1.165) is 15.6 Å². The number of aryl methyl sites for hydroxylation is 1. The van der Waals surface area contributed by atoms with Gasteiger partial charge < -0.3 is 10.6 Å². The summed E-state index contributed by atoms with van der Waals surface area (Å²) >= 11 is 3.39. The molecular formula is C25H20BrFN4O3. The quantitative estimate of drug-likeness (QED) is 0.325. The molecule has 0 fully saturated rings. The van der Waals surface area contributed by atoms with Gasteiger partial charge in [0.2, 0.25) is 0 Å². The molecule has 0 spiro atoms. The number of nitrogens with zero attached hydrogens (tertiary/aromatic N) is 1. The highest BCUT2D eigenvalue weighted by molar-refractivity contribution is 9.10. The Bertz CT molecular complexity index is 1430. The Morgan fingerprint density at radius 1 is 0.882 bits per heavy atom. The molecule has 1 heterocycles. The van der Waals surface area contributed by atoms with E-state index in [0.29, 0.717) is 22.3 Å². The van der Waals surface area contributed by atoms with Gasteiger partial charge in [0.1, 0.15) is 11.5 Å². The summed E-state index contributed by atoms with van der Waals surface area (Å²) in [6.07, 6.45) is 0. The zero-order valence-electron chi connectivity index (χ0n) is 18.3. The smallest absolute Gasteiger partial charge is 0.321 e. The lowest BCUT2D eigenvalue weighted by Gasteiger charge is -2.14. The van der Waals surface area contributed by atoms with E-state index in [1.54, 1.807) is 36.4 Å². The second-order valence-corrected chi connectivity index (χ2v) is 8.59. The lowest BCUT2D eigenvalue weighted by molar-refractivity contribution is -0.133. The van der Waals surface area contributed by atoms with Crippen molar-refractivity contribution in [2.75, 3.05) is 16.1 Å². The van der Waals surface area contributed by atoms with Crippen LogP contribution < -0.4 is 16.1 Å². The van der Waals surface area contributed by atoms with Crippen LogP contribution in [0.15, 0.2) is 71.2 Å². The Hall–Kier alpha value is -3.98. The molecular weight excluding hydrogens is 503 g/mol. The first-order valence-corrected chi connectivity index (χ1v) is 11.1. The van der Waals surface area contributed by atoms with E-state index in [4.69, 9.17) is 0 Å². The fourth-order valence-corrected chi connectivity index (χ4v) is 3.80. The standard InChI is InChI=1S/C25H20BrFN4O3/c1-14-4-3-5-20(15(14)2)29-24(33)25(34)30-31-21-11-6-17(26)12-16(21)13-22(31)23(32)28-19-9-7-18(27)8-10-19/h3-13H,1-2H3,(H,28,32)(H,29,33)(H,30,34). The molecule has 0 saturated carbocycles. The van der Waals surface area contributed by atoms with E-state index in [9.17, 15) is 18.8 Å². The van der Waals surface area contributed by atoms with Crippen molar-refractivity contribution in [3.8, 4) is 0 Å². The minimum Gasteiger partial charge on any atom is -0.321 e. The molecule has 0 bridgehead atoms. The van der Waals surface area contributed by atoms with Gasteiger partial charge in [-0.1, -0.05) is 28.1 Å². The second-order valence-electron chi connectivity index (χ2n) is 7.67. The molecule has 0 radical (unpaired) electrons. The molecule has 3 amide bonds. The molecule has 0 aliphatic heterocycles. The molecule has 4 aromatic rings. The van der Waals surface area contributed by atoms with Gasteiger partial charge in [-0.05, 0) is 79.6 Å². The number of halogens is 2. The number of nitrogens with one attached hydrogen (secondary N) is 3. The SMILES string of the molecule is Cc1cccc(NC(=O)C(=O)Nn2c(C(=O)Nc3ccc(F)cc3)cc3cc(Br)ccc32)c1C. The average molecular weight is 523 g/mol. The normalized spacial score (nSPS) is 10.7. The van der Waals surface area contributed by atoms with E-state index in [2.05, 4.69) is 32.0 Å². The molecule has 9 heteroatoms.